The van der Waals surface area contributed by atoms with E-state index in [1.165, 1.54) is 38.3 Å². The van der Waals surface area contributed by atoms with Gasteiger partial charge in [0, 0.05) is 19.1 Å². The van der Waals surface area contributed by atoms with Crippen LogP contribution in [0, 0.1) is 10.1 Å². The van der Waals surface area contributed by atoms with Gasteiger partial charge in [-0.2, -0.15) is 0 Å². The van der Waals surface area contributed by atoms with Gasteiger partial charge >= 0.3 is 0 Å². The van der Waals surface area contributed by atoms with E-state index in [2.05, 4.69) is 10.0 Å². The second-order valence-electron chi connectivity index (χ2n) is 5.07. The number of nitro groups is 1. The molecule has 0 unspecified atom stereocenters. The van der Waals surface area contributed by atoms with Gasteiger partial charge in [-0.1, -0.05) is 11.6 Å². The molecule has 0 spiro atoms. The average Bonchev–Trinajstić information content (AvgIpc) is 2.55. The predicted octanol–water partition coefficient (Wildman–Crippen LogP) is 3.02. The van der Waals surface area contributed by atoms with Crippen molar-refractivity contribution < 1.29 is 22.9 Å². The maximum Gasteiger partial charge on any atom is 0.271 e. The minimum Gasteiger partial charge on any atom is -0.495 e. The number of hydrogen-bond donors (Lipinski definition) is 2. The normalized spacial score (nSPS) is 10.9. The van der Waals surface area contributed by atoms with E-state index < -0.39 is 20.9 Å². The Morgan fingerprint density at radius 1 is 1.19 bits per heavy atom. The van der Waals surface area contributed by atoms with Crippen molar-refractivity contribution in [3.8, 4) is 5.75 Å². The number of nitro benzene ring substituents is 1. The molecule has 11 heteroatoms. The second-order valence-corrected chi connectivity index (χ2v) is 7.16. The van der Waals surface area contributed by atoms with Gasteiger partial charge in [0.05, 0.1) is 33.3 Å². The lowest BCUT2D eigenvalue weighted by Crippen LogP contribution is -2.15. The molecule has 0 saturated heterocycles. The molecule has 1 amide bonds. The van der Waals surface area contributed by atoms with Crippen molar-refractivity contribution in [3.05, 3.63) is 51.5 Å². The fourth-order valence-electron chi connectivity index (χ4n) is 2.05. The summed E-state index contributed by atoms with van der Waals surface area (Å²) in [6.45, 7) is 1.27. The van der Waals surface area contributed by atoms with Gasteiger partial charge in [-0.25, -0.2) is 8.42 Å². The van der Waals surface area contributed by atoms with Gasteiger partial charge in [0.1, 0.15) is 5.75 Å². The highest BCUT2D eigenvalue weighted by Crippen LogP contribution is 2.31. The van der Waals surface area contributed by atoms with Crippen molar-refractivity contribution in [2.45, 2.75) is 11.8 Å². The van der Waals surface area contributed by atoms with Crippen molar-refractivity contribution in [2.24, 2.45) is 0 Å². The van der Waals surface area contributed by atoms with E-state index in [1.54, 1.807) is 0 Å². The fourth-order valence-corrected chi connectivity index (χ4v) is 3.37. The van der Waals surface area contributed by atoms with E-state index >= 15 is 0 Å². The lowest BCUT2D eigenvalue weighted by molar-refractivity contribution is -0.384. The molecule has 2 aromatic carbocycles. The highest BCUT2D eigenvalue weighted by atomic mass is 35.5. The highest BCUT2D eigenvalue weighted by molar-refractivity contribution is 7.92. The smallest absolute Gasteiger partial charge is 0.271 e. The molecular formula is C15H14ClN3O6S. The Labute approximate surface area is 154 Å². The number of anilines is 2. The number of benzene rings is 2. The van der Waals surface area contributed by atoms with E-state index in [0.717, 1.165) is 12.1 Å². The molecule has 26 heavy (non-hydrogen) atoms. The fraction of sp³-hybridized carbons (Fsp3) is 0.133. The molecule has 0 fully saturated rings. The van der Waals surface area contributed by atoms with Crippen LogP contribution in [0.1, 0.15) is 6.92 Å². The summed E-state index contributed by atoms with van der Waals surface area (Å²) < 4.78 is 32.4. The van der Waals surface area contributed by atoms with Gasteiger partial charge in [-0.05, 0) is 24.3 Å². The maximum absolute atomic E-state index is 12.6. The Morgan fingerprint density at radius 2 is 1.88 bits per heavy atom. The zero-order valence-corrected chi connectivity index (χ0v) is 15.2. The second kappa shape index (κ2) is 7.58. The standard InChI is InChI=1S/C15H14ClN3O6S/c1-9(20)17-14-8-11(4-6-15(14)25-2)26(23,24)18-13-7-10(19(21)22)3-5-12(13)16/h3-8,18H,1-2H3,(H,17,20). The third-order valence-corrected chi connectivity index (χ3v) is 4.89. The molecule has 9 nitrogen and oxygen atoms in total. The van der Waals surface area contributed by atoms with E-state index in [1.807, 2.05) is 0 Å². The molecule has 0 aliphatic carbocycles. The van der Waals surface area contributed by atoms with Crippen molar-refractivity contribution in [1.29, 1.82) is 0 Å². The first-order valence-corrected chi connectivity index (χ1v) is 8.92. The van der Waals surface area contributed by atoms with Gasteiger partial charge in [-0.15, -0.1) is 0 Å². The van der Waals surface area contributed by atoms with Crippen molar-refractivity contribution >= 4 is 44.6 Å². The molecule has 0 heterocycles. The lowest BCUT2D eigenvalue weighted by Gasteiger charge is -2.13. The summed E-state index contributed by atoms with van der Waals surface area (Å²) in [5.41, 5.74) is -0.299. The summed E-state index contributed by atoms with van der Waals surface area (Å²) in [7, 11) is -2.75. The minimum absolute atomic E-state index is 0.00484. The molecule has 2 aromatic rings. The number of non-ortho nitro benzene ring substituents is 1. The SMILES string of the molecule is COc1ccc(S(=O)(=O)Nc2cc([N+](=O)[O-])ccc2Cl)cc1NC(C)=O. The first kappa shape index (κ1) is 19.5. The van der Waals surface area contributed by atoms with E-state index in [0.29, 0.717) is 0 Å². The quantitative estimate of drug-likeness (QED) is 0.567. The summed E-state index contributed by atoms with van der Waals surface area (Å²) in [5.74, 6) is -0.139. The van der Waals surface area contributed by atoms with Crippen molar-refractivity contribution in [1.82, 2.24) is 0 Å². The molecule has 0 radical (unpaired) electrons. The maximum atomic E-state index is 12.6. The number of nitrogens with zero attached hydrogens (tertiary/aromatic N) is 1. The first-order chi connectivity index (χ1) is 12.1. The van der Waals surface area contributed by atoms with Crippen LogP contribution in [0.2, 0.25) is 5.02 Å². The number of ether oxygens (including phenoxy) is 1. The topological polar surface area (TPSA) is 128 Å². The first-order valence-electron chi connectivity index (χ1n) is 7.06. The Kier molecular flexibility index (Phi) is 5.68. The van der Waals surface area contributed by atoms with Crippen LogP contribution >= 0.6 is 11.6 Å². The molecule has 0 aromatic heterocycles. The molecule has 0 aliphatic rings. The number of nitrogens with one attached hydrogen (secondary N) is 2. The van der Waals surface area contributed by atoms with Crippen LogP contribution in [0.25, 0.3) is 0 Å². The Hall–Kier alpha value is -2.85. The van der Waals surface area contributed by atoms with Crippen molar-refractivity contribution in [3.63, 3.8) is 0 Å². The third-order valence-electron chi connectivity index (χ3n) is 3.20. The average molecular weight is 400 g/mol. The van der Waals surface area contributed by atoms with Crippen LogP contribution in [0.4, 0.5) is 17.1 Å². The number of hydrogen-bond acceptors (Lipinski definition) is 6. The van der Waals surface area contributed by atoms with Crippen LogP contribution in [0.15, 0.2) is 41.3 Å². The lowest BCUT2D eigenvalue weighted by atomic mass is 10.3. The van der Waals surface area contributed by atoms with Gasteiger partial charge in [0.15, 0.2) is 0 Å². The Balaban J connectivity index is 2.43. The zero-order chi connectivity index (χ0) is 19.5. The number of carbonyl (C=O) groups excluding carboxylic acids is 1. The number of rotatable bonds is 6. The van der Waals surface area contributed by atoms with Crippen LogP contribution in [-0.4, -0.2) is 26.4 Å². The molecule has 0 aliphatic heterocycles. The van der Waals surface area contributed by atoms with E-state index in [-0.39, 0.29) is 32.7 Å². The molecule has 2 N–H and O–H groups in total. The van der Waals surface area contributed by atoms with Gasteiger partial charge in [0.25, 0.3) is 15.7 Å². The van der Waals surface area contributed by atoms with E-state index in [9.17, 15) is 23.3 Å². The Morgan fingerprint density at radius 3 is 2.46 bits per heavy atom. The van der Waals surface area contributed by atoms with Gasteiger partial charge < -0.3 is 10.1 Å². The number of sulfonamides is 1. The summed E-state index contributed by atoms with van der Waals surface area (Å²) in [4.78, 5) is 21.3. The predicted molar refractivity (Wildman–Crippen MR) is 96.2 cm³/mol. The summed E-state index contributed by atoms with van der Waals surface area (Å²) >= 11 is 5.92. The molecule has 2 rings (SSSR count). The summed E-state index contributed by atoms with van der Waals surface area (Å²) in [5, 5.41) is 13.3. The Bertz CT molecular complexity index is 977. The minimum atomic E-state index is -4.13. The molecule has 138 valence electrons. The summed E-state index contributed by atoms with van der Waals surface area (Å²) in [6.07, 6.45) is 0. The number of halogens is 1. The van der Waals surface area contributed by atoms with E-state index in [4.69, 9.17) is 16.3 Å². The van der Waals surface area contributed by atoms with Crippen LogP contribution < -0.4 is 14.8 Å². The number of methoxy groups -OCH3 is 1. The monoisotopic (exact) mass is 399 g/mol. The molecule has 0 saturated carbocycles. The highest BCUT2D eigenvalue weighted by Gasteiger charge is 2.20. The molecular weight excluding hydrogens is 386 g/mol. The van der Waals surface area contributed by atoms with Crippen LogP contribution in [-0.2, 0) is 14.8 Å². The number of carbonyl (C=O) groups is 1. The molecule has 0 atom stereocenters. The third kappa shape index (κ3) is 4.41. The van der Waals surface area contributed by atoms with Crippen LogP contribution in [0.3, 0.4) is 0 Å². The molecule has 0 bridgehead atoms. The largest absolute Gasteiger partial charge is 0.495 e. The van der Waals surface area contributed by atoms with Crippen LogP contribution in [0.5, 0.6) is 5.75 Å². The summed E-state index contributed by atoms with van der Waals surface area (Å²) in [6, 6.07) is 7.22. The van der Waals surface area contributed by atoms with Crippen molar-refractivity contribution in [2.75, 3.05) is 17.1 Å². The van der Waals surface area contributed by atoms with Gasteiger partial charge in [0.2, 0.25) is 5.91 Å². The zero-order valence-electron chi connectivity index (χ0n) is 13.6. The van der Waals surface area contributed by atoms with Gasteiger partial charge in [-0.3, -0.25) is 19.6 Å². The number of amides is 1.